The van der Waals surface area contributed by atoms with Gasteiger partial charge in [0.05, 0.1) is 40.2 Å². The summed E-state index contributed by atoms with van der Waals surface area (Å²) >= 11 is 0. The highest BCUT2D eigenvalue weighted by Gasteiger charge is 2.30. The Hall–Kier alpha value is -3.20. The third-order valence-corrected chi connectivity index (χ3v) is 5.15. The summed E-state index contributed by atoms with van der Waals surface area (Å²) in [6.45, 7) is 0.871. The molecule has 9 heteroatoms. The van der Waals surface area contributed by atoms with Gasteiger partial charge in [-0.15, -0.1) is 0 Å². The fraction of sp³-hybridized carbons (Fsp3) is 0.350. The van der Waals surface area contributed by atoms with Gasteiger partial charge in [-0.2, -0.15) is 0 Å². The van der Waals surface area contributed by atoms with E-state index >= 15 is 4.39 Å². The molecule has 29 heavy (non-hydrogen) atoms. The van der Waals surface area contributed by atoms with E-state index in [0.29, 0.717) is 46.3 Å². The molecule has 1 atom stereocenters. The minimum absolute atomic E-state index is 0.168. The van der Waals surface area contributed by atoms with Gasteiger partial charge in [-0.25, -0.2) is 9.18 Å². The minimum atomic E-state index is -0.528. The van der Waals surface area contributed by atoms with E-state index in [9.17, 15) is 4.79 Å². The number of likely N-dealkylation sites (N-methyl/N-ethyl adjacent to an activating group) is 1. The highest BCUT2D eigenvalue weighted by molar-refractivity contribution is 6.15. The standard InChI is InChI=1S/C20H23FN6O2/c1-23-7-11(6-22)16-13(21)5-14-17-18-15(8-24-14)26(4)20(28)27(18)10-12(9-25(2)3)29-19(16)17/h5-8,12,22-23H,9-10H2,1-4H3/b11-7+,22-6?. The summed E-state index contributed by atoms with van der Waals surface area (Å²) in [5.41, 5.74) is 2.10. The number of hydrogen-bond donors (Lipinski definition) is 2. The number of halogens is 1. The van der Waals surface area contributed by atoms with Gasteiger partial charge < -0.3 is 20.4 Å². The zero-order valence-corrected chi connectivity index (χ0v) is 16.8. The Labute approximate surface area is 166 Å². The summed E-state index contributed by atoms with van der Waals surface area (Å²) in [5, 5.41) is 11.2. The molecule has 1 aromatic carbocycles. The van der Waals surface area contributed by atoms with Crippen molar-refractivity contribution in [3.63, 3.8) is 0 Å². The molecule has 0 bridgehead atoms. The first-order chi connectivity index (χ1) is 13.9. The molecule has 0 amide bonds. The fourth-order valence-corrected chi connectivity index (χ4v) is 3.97. The number of aryl methyl sites for hydroxylation is 1. The van der Waals surface area contributed by atoms with E-state index in [1.807, 2.05) is 19.0 Å². The maximum absolute atomic E-state index is 15.2. The minimum Gasteiger partial charge on any atom is -0.486 e. The lowest BCUT2D eigenvalue weighted by atomic mass is 10.0. The maximum atomic E-state index is 15.2. The van der Waals surface area contributed by atoms with Crippen LogP contribution in [-0.2, 0) is 13.6 Å². The molecular weight excluding hydrogens is 375 g/mol. The predicted octanol–water partition coefficient (Wildman–Crippen LogP) is 1.56. The van der Waals surface area contributed by atoms with E-state index in [1.165, 1.54) is 6.07 Å². The summed E-state index contributed by atoms with van der Waals surface area (Å²) in [4.78, 5) is 19.3. The molecule has 1 unspecified atom stereocenters. The van der Waals surface area contributed by atoms with Crippen LogP contribution < -0.4 is 15.7 Å². The highest BCUT2D eigenvalue weighted by atomic mass is 19.1. The Kier molecular flexibility index (Phi) is 4.62. The Morgan fingerprint density at radius 2 is 2.28 bits per heavy atom. The SMILES string of the molecule is CN/C=C(\C=N)c1c(F)cc2ncc3c4c2c1OC(CN(C)C)Cn4c(=O)n3C. The molecule has 1 aliphatic rings. The van der Waals surface area contributed by atoms with Crippen LogP contribution in [-0.4, -0.2) is 59.0 Å². The van der Waals surface area contributed by atoms with Crippen LogP contribution in [0.2, 0.25) is 0 Å². The van der Waals surface area contributed by atoms with E-state index in [2.05, 4.69) is 10.3 Å². The van der Waals surface area contributed by atoms with Gasteiger partial charge in [-0.3, -0.25) is 14.1 Å². The van der Waals surface area contributed by atoms with Crippen LogP contribution in [0.1, 0.15) is 5.56 Å². The molecule has 4 rings (SSSR count). The van der Waals surface area contributed by atoms with Crippen molar-refractivity contribution in [1.29, 1.82) is 5.41 Å². The normalized spacial score (nSPS) is 16.5. The van der Waals surface area contributed by atoms with Crippen LogP contribution >= 0.6 is 0 Å². The van der Waals surface area contributed by atoms with Crippen LogP contribution in [0.5, 0.6) is 5.75 Å². The monoisotopic (exact) mass is 398 g/mol. The van der Waals surface area contributed by atoms with Crippen LogP contribution in [0, 0.1) is 11.2 Å². The zero-order chi connectivity index (χ0) is 20.9. The van der Waals surface area contributed by atoms with E-state index in [0.717, 1.165) is 6.21 Å². The summed E-state index contributed by atoms with van der Waals surface area (Å²) < 4.78 is 24.7. The number of allylic oxidation sites excluding steroid dienone is 1. The Morgan fingerprint density at radius 3 is 2.93 bits per heavy atom. The summed E-state index contributed by atoms with van der Waals surface area (Å²) in [7, 11) is 7.22. The first-order valence-corrected chi connectivity index (χ1v) is 9.27. The molecule has 2 aromatic heterocycles. The number of imidazole rings is 1. The third kappa shape index (κ3) is 2.89. The second-order valence-electron chi connectivity index (χ2n) is 7.44. The van der Waals surface area contributed by atoms with Gasteiger partial charge >= 0.3 is 5.69 Å². The van der Waals surface area contributed by atoms with Gasteiger partial charge in [0.2, 0.25) is 0 Å². The predicted molar refractivity (Wildman–Crippen MR) is 111 cm³/mol. The van der Waals surface area contributed by atoms with Crippen molar-refractivity contribution in [1.82, 2.24) is 24.3 Å². The lowest BCUT2D eigenvalue weighted by Gasteiger charge is -2.23. The molecule has 0 saturated heterocycles. The Morgan fingerprint density at radius 1 is 1.52 bits per heavy atom. The molecule has 1 aliphatic heterocycles. The lowest BCUT2D eigenvalue weighted by molar-refractivity contribution is 0.146. The van der Waals surface area contributed by atoms with Crippen LogP contribution in [0.3, 0.4) is 0 Å². The first kappa shape index (κ1) is 19.1. The second-order valence-corrected chi connectivity index (χ2v) is 7.44. The third-order valence-electron chi connectivity index (χ3n) is 5.15. The molecule has 0 fully saturated rings. The van der Waals surface area contributed by atoms with Gasteiger partial charge in [0.1, 0.15) is 17.7 Å². The molecule has 0 aliphatic carbocycles. The number of rotatable bonds is 5. The van der Waals surface area contributed by atoms with Crippen molar-refractivity contribution in [2.24, 2.45) is 7.05 Å². The van der Waals surface area contributed by atoms with Crippen LogP contribution in [0.4, 0.5) is 4.39 Å². The van der Waals surface area contributed by atoms with Gasteiger partial charge in [0, 0.05) is 44.7 Å². The van der Waals surface area contributed by atoms with Crippen LogP contribution in [0.15, 0.2) is 23.3 Å². The molecule has 3 aromatic rings. The Balaban J connectivity index is 2.17. The van der Waals surface area contributed by atoms with E-state index in [4.69, 9.17) is 10.1 Å². The van der Waals surface area contributed by atoms with Crippen molar-refractivity contribution in [2.75, 3.05) is 27.7 Å². The van der Waals surface area contributed by atoms with Crippen molar-refractivity contribution >= 4 is 33.7 Å². The number of nitrogens with one attached hydrogen (secondary N) is 2. The molecular formula is C20H23FN6O2. The average Bonchev–Trinajstić information content (AvgIpc) is 2.81. The fourth-order valence-electron chi connectivity index (χ4n) is 3.97. The van der Waals surface area contributed by atoms with Crippen molar-refractivity contribution < 1.29 is 9.13 Å². The van der Waals surface area contributed by atoms with Gasteiger partial charge in [-0.05, 0) is 14.1 Å². The number of benzene rings is 1. The van der Waals surface area contributed by atoms with Crippen molar-refractivity contribution in [3.8, 4) is 5.75 Å². The lowest BCUT2D eigenvalue weighted by Crippen LogP contribution is -2.37. The summed E-state index contributed by atoms with van der Waals surface area (Å²) in [6, 6.07) is 1.33. The molecule has 2 N–H and O–H groups in total. The molecule has 152 valence electrons. The highest BCUT2D eigenvalue weighted by Crippen LogP contribution is 2.41. The van der Waals surface area contributed by atoms with Gasteiger partial charge in [0.25, 0.3) is 0 Å². The maximum Gasteiger partial charge on any atom is 0.329 e. The molecule has 8 nitrogen and oxygen atoms in total. The van der Waals surface area contributed by atoms with E-state index in [-0.39, 0.29) is 17.4 Å². The largest absolute Gasteiger partial charge is 0.486 e. The zero-order valence-electron chi connectivity index (χ0n) is 16.8. The number of hydrogen-bond acceptors (Lipinski definition) is 6. The number of ether oxygens (including phenoxy) is 1. The summed E-state index contributed by atoms with van der Waals surface area (Å²) in [5.74, 6) is -0.216. The number of pyridine rings is 1. The smallest absolute Gasteiger partial charge is 0.329 e. The molecule has 3 heterocycles. The van der Waals surface area contributed by atoms with E-state index < -0.39 is 5.82 Å². The topological polar surface area (TPSA) is 88.2 Å². The first-order valence-electron chi connectivity index (χ1n) is 9.27. The molecule has 0 spiro atoms. The van der Waals surface area contributed by atoms with E-state index in [1.54, 1.807) is 35.6 Å². The van der Waals surface area contributed by atoms with Crippen LogP contribution in [0.25, 0.3) is 27.5 Å². The van der Waals surface area contributed by atoms with Crippen molar-refractivity contribution in [3.05, 3.63) is 40.3 Å². The van der Waals surface area contributed by atoms with Gasteiger partial charge in [-0.1, -0.05) is 0 Å². The second kappa shape index (κ2) is 7.00. The van der Waals surface area contributed by atoms with Crippen molar-refractivity contribution in [2.45, 2.75) is 12.6 Å². The quantitative estimate of drug-likeness (QED) is 0.637. The number of nitrogens with zero attached hydrogens (tertiary/aromatic N) is 4. The summed E-state index contributed by atoms with van der Waals surface area (Å²) in [6.07, 6.45) is 3.84. The molecule has 0 saturated carbocycles. The average molecular weight is 398 g/mol. The Bertz CT molecular complexity index is 1220. The number of aromatic nitrogens is 3. The van der Waals surface area contributed by atoms with Gasteiger partial charge in [0.15, 0.2) is 0 Å². The molecule has 0 radical (unpaired) electrons.